The molecule has 0 spiro atoms. The van der Waals surface area contributed by atoms with Crippen LogP contribution in [-0.2, 0) is 4.74 Å². The Labute approximate surface area is 86.8 Å². The molecule has 0 aromatic carbocycles. The van der Waals surface area contributed by atoms with E-state index in [0.717, 1.165) is 25.7 Å². The first-order chi connectivity index (χ1) is 6.81. The highest BCUT2D eigenvalue weighted by Gasteiger charge is 2.33. The number of ether oxygens (including phenoxy) is 1. The second kappa shape index (κ2) is 4.60. The second-order valence-electron chi connectivity index (χ2n) is 4.51. The van der Waals surface area contributed by atoms with Crippen molar-refractivity contribution in [1.29, 1.82) is 0 Å². The lowest BCUT2D eigenvalue weighted by Crippen LogP contribution is -2.53. The predicted octanol–water partition coefficient (Wildman–Crippen LogP) is 0.848. The molecule has 2 aliphatic heterocycles. The van der Waals surface area contributed by atoms with E-state index in [2.05, 4.69) is 24.1 Å². The van der Waals surface area contributed by atoms with Gasteiger partial charge in [0.2, 0.25) is 0 Å². The number of likely N-dealkylation sites (N-methyl/N-ethyl adjacent to an activating group) is 1. The van der Waals surface area contributed by atoms with Crippen molar-refractivity contribution in [2.75, 3.05) is 26.2 Å². The molecule has 14 heavy (non-hydrogen) atoms. The maximum absolute atomic E-state index is 5.90. The lowest BCUT2D eigenvalue weighted by atomic mass is 10.1. The number of rotatable bonds is 3. The summed E-state index contributed by atoms with van der Waals surface area (Å²) in [6.45, 7) is 8.76. The first-order valence-corrected chi connectivity index (χ1v) is 5.90. The van der Waals surface area contributed by atoms with Gasteiger partial charge in [-0.05, 0) is 32.9 Å². The second-order valence-corrected chi connectivity index (χ2v) is 4.51. The Kier molecular flexibility index (Phi) is 3.42. The van der Waals surface area contributed by atoms with Crippen LogP contribution in [0.4, 0.5) is 0 Å². The maximum atomic E-state index is 5.90. The summed E-state index contributed by atoms with van der Waals surface area (Å²) in [5.74, 6) is 0. The van der Waals surface area contributed by atoms with Gasteiger partial charge < -0.3 is 10.1 Å². The van der Waals surface area contributed by atoms with E-state index in [1.807, 2.05) is 0 Å². The van der Waals surface area contributed by atoms with E-state index >= 15 is 0 Å². The summed E-state index contributed by atoms with van der Waals surface area (Å²) in [5.41, 5.74) is 0. The van der Waals surface area contributed by atoms with Crippen LogP contribution < -0.4 is 5.32 Å². The molecule has 2 fully saturated rings. The summed E-state index contributed by atoms with van der Waals surface area (Å²) in [6, 6.07) is 1.21. The van der Waals surface area contributed by atoms with Crippen LogP contribution in [-0.4, -0.2) is 49.3 Å². The molecule has 0 saturated carbocycles. The minimum Gasteiger partial charge on any atom is -0.374 e. The van der Waals surface area contributed by atoms with Gasteiger partial charge in [0.1, 0.15) is 0 Å². The summed E-state index contributed by atoms with van der Waals surface area (Å²) in [4.78, 5) is 2.60. The SMILES string of the molecule is CCNC(C)C1CN2CCCC2CO1. The van der Waals surface area contributed by atoms with Gasteiger partial charge in [-0.25, -0.2) is 0 Å². The molecule has 82 valence electrons. The third-order valence-electron chi connectivity index (χ3n) is 3.50. The van der Waals surface area contributed by atoms with Gasteiger partial charge in [0.15, 0.2) is 0 Å². The standard InChI is InChI=1S/C11H22N2O/c1-3-12-9(2)11-7-13-6-4-5-10(13)8-14-11/h9-12H,3-8H2,1-2H3. The van der Waals surface area contributed by atoms with E-state index in [-0.39, 0.29) is 0 Å². The number of morpholine rings is 1. The number of hydrogen-bond acceptors (Lipinski definition) is 3. The molecule has 3 unspecified atom stereocenters. The molecule has 0 amide bonds. The number of fused-ring (bicyclic) bond motifs is 1. The van der Waals surface area contributed by atoms with Crippen LogP contribution in [0.3, 0.4) is 0 Å². The van der Waals surface area contributed by atoms with Gasteiger partial charge in [0.25, 0.3) is 0 Å². The number of nitrogens with zero attached hydrogens (tertiary/aromatic N) is 1. The summed E-state index contributed by atoms with van der Waals surface area (Å²) in [6.07, 6.45) is 3.09. The Balaban J connectivity index is 1.84. The minimum atomic E-state index is 0.393. The highest BCUT2D eigenvalue weighted by Crippen LogP contribution is 2.23. The lowest BCUT2D eigenvalue weighted by molar-refractivity contribution is -0.0615. The van der Waals surface area contributed by atoms with Crippen LogP contribution in [0.15, 0.2) is 0 Å². The Morgan fingerprint density at radius 2 is 2.43 bits per heavy atom. The molecule has 2 aliphatic rings. The van der Waals surface area contributed by atoms with Crippen LogP contribution >= 0.6 is 0 Å². The average molecular weight is 198 g/mol. The van der Waals surface area contributed by atoms with Gasteiger partial charge in [-0.15, -0.1) is 0 Å². The van der Waals surface area contributed by atoms with Crippen LogP contribution in [0.1, 0.15) is 26.7 Å². The van der Waals surface area contributed by atoms with Gasteiger partial charge in [0, 0.05) is 18.6 Å². The first-order valence-electron chi connectivity index (χ1n) is 5.90. The zero-order valence-corrected chi connectivity index (χ0v) is 9.33. The molecule has 0 aromatic heterocycles. The minimum absolute atomic E-state index is 0.393. The summed E-state index contributed by atoms with van der Waals surface area (Å²) in [7, 11) is 0. The first kappa shape index (κ1) is 10.4. The van der Waals surface area contributed by atoms with Crippen molar-refractivity contribution in [1.82, 2.24) is 10.2 Å². The molecule has 2 rings (SSSR count). The lowest BCUT2D eigenvalue weighted by Gasteiger charge is -2.38. The normalized spacial score (nSPS) is 35.6. The Morgan fingerprint density at radius 1 is 1.57 bits per heavy atom. The fourth-order valence-electron chi connectivity index (χ4n) is 2.60. The van der Waals surface area contributed by atoms with Crippen molar-refractivity contribution in [3.63, 3.8) is 0 Å². The van der Waals surface area contributed by atoms with Crippen molar-refractivity contribution < 1.29 is 4.74 Å². The van der Waals surface area contributed by atoms with E-state index in [0.29, 0.717) is 12.1 Å². The van der Waals surface area contributed by atoms with Gasteiger partial charge in [-0.2, -0.15) is 0 Å². The molecule has 3 heteroatoms. The highest BCUT2D eigenvalue weighted by molar-refractivity contribution is 4.88. The largest absolute Gasteiger partial charge is 0.374 e. The van der Waals surface area contributed by atoms with Gasteiger partial charge in [-0.3, -0.25) is 4.90 Å². The van der Waals surface area contributed by atoms with Crippen LogP contribution in [0.5, 0.6) is 0 Å². The van der Waals surface area contributed by atoms with E-state index in [1.54, 1.807) is 0 Å². The van der Waals surface area contributed by atoms with Gasteiger partial charge >= 0.3 is 0 Å². The molecule has 0 radical (unpaired) electrons. The average Bonchev–Trinajstić information content (AvgIpc) is 2.64. The highest BCUT2D eigenvalue weighted by atomic mass is 16.5. The number of hydrogen-bond donors (Lipinski definition) is 1. The van der Waals surface area contributed by atoms with Crippen LogP contribution in [0.25, 0.3) is 0 Å². The van der Waals surface area contributed by atoms with Crippen molar-refractivity contribution in [3.05, 3.63) is 0 Å². The summed E-state index contributed by atoms with van der Waals surface area (Å²) < 4.78 is 5.90. The third-order valence-corrected chi connectivity index (χ3v) is 3.50. The topological polar surface area (TPSA) is 24.5 Å². The molecule has 3 nitrogen and oxygen atoms in total. The molecule has 2 heterocycles. The predicted molar refractivity (Wildman–Crippen MR) is 57.5 cm³/mol. The monoisotopic (exact) mass is 198 g/mol. The zero-order valence-electron chi connectivity index (χ0n) is 9.33. The molecule has 3 atom stereocenters. The smallest absolute Gasteiger partial charge is 0.0852 e. The third kappa shape index (κ3) is 2.10. The van der Waals surface area contributed by atoms with E-state index in [4.69, 9.17) is 4.74 Å². The van der Waals surface area contributed by atoms with Crippen LogP contribution in [0.2, 0.25) is 0 Å². The van der Waals surface area contributed by atoms with Gasteiger partial charge in [0.05, 0.1) is 12.7 Å². The molecule has 2 saturated heterocycles. The fourth-order valence-corrected chi connectivity index (χ4v) is 2.60. The quantitative estimate of drug-likeness (QED) is 0.727. The van der Waals surface area contributed by atoms with Crippen molar-refractivity contribution in [2.45, 2.75) is 44.9 Å². The molecule has 0 bridgehead atoms. The molecular weight excluding hydrogens is 176 g/mol. The molecule has 1 N–H and O–H groups in total. The Morgan fingerprint density at radius 3 is 3.21 bits per heavy atom. The van der Waals surface area contributed by atoms with E-state index in [1.165, 1.54) is 19.4 Å². The van der Waals surface area contributed by atoms with Crippen molar-refractivity contribution in [2.24, 2.45) is 0 Å². The number of nitrogens with one attached hydrogen (secondary N) is 1. The van der Waals surface area contributed by atoms with E-state index < -0.39 is 0 Å². The fraction of sp³-hybridized carbons (Fsp3) is 1.00. The Hall–Kier alpha value is -0.120. The summed E-state index contributed by atoms with van der Waals surface area (Å²) in [5, 5.41) is 3.44. The van der Waals surface area contributed by atoms with Crippen molar-refractivity contribution in [3.8, 4) is 0 Å². The maximum Gasteiger partial charge on any atom is 0.0852 e. The molecule has 0 aromatic rings. The zero-order chi connectivity index (χ0) is 9.97. The van der Waals surface area contributed by atoms with Crippen molar-refractivity contribution >= 4 is 0 Å². The van der Waals surface area contributed by atoms with E-state index in [9.17, 15) is 0 Å². The van der Waals surface area contributed by atoms with Crippen LogP contribution in [0, 0.1) is 0 Å². The molecule has 0 aliphatic carbocycles. The molecular formula is C11H22N2O. The van der Waals surface area contributed by atoms with Gasteiger partial charge in [-0.1, -0.05) is 6.92 Å². The summed E-state index contributed by atoms with van der Waals surface area (Å²) >= 11 is 0. The Bertz CT molecular complexity index is 186.